The Morgan fingerprint density at radius 2 is 1.97 bits per heavy atom. The molecule has 0 saturated heterocycles. The maximum absolute atomic E-state index is 12.5. The molecule has 1 fully saturated rings. The number of carbonyl (C=O) groups excluding carboxylic acids is 2. The molecular formula is C21H25N7O2. The quantitative estimate of drug-likeness (QED) is 0.652. The van der Waals surface area contributed by atoms with E-state index in [2.05, 4.69) is 25.8 Å². The van der Waals surface area contributed by atoms with Crippen molar-refractivity contribution in [3.8, 4) is 5.82 Å². The van der Waals surface area contributed by atoms with E-state index in [1.807, 2.05) is 19.9 Å². The average molecular weight is 407 g/mol. The molecule has 0 aliphatic heterocycles. The van der Waals surface area contributed by atoms with Crippen molar-refractivity contribution in [2.24, 2.45) is 0 Å². The van der Waals surface area contributed by atoms with Gasteiger partial charge in [-0.05, 0) is 44.9 Å². The van der Waals surface area contributed by atoms with Gasteiger partial charge >= 0.3 is 0 Å². The van der Waals surface area contributed by atoms with Crippen LogP contribution in [0.2, 0.25) is 0 Å². The molecule has 3 aromatic rings. The Labute approximate surface area is 174 Å². The van der Waals surface area contributed by atoms with Gasteiger partial charge in [0.05, 0.1) is 23.1 Å². The van der Waals surface area contributed by atoms with E-state index in [1.165, 1.54) is 29.9 Å². The highest BCUT2D eigenvalue weighted by Gasteiger charge is 2.17. The molecule has 2 N–H and O–H groups in total. The monoisotopic (exact) mass is 407 g/mol. The number of nitrogens with one attached hydrogen (secondary N) is 2. The summed E-state index contributed by atoms with van der Waals surface area (Å²) in [5.74, 6) is 0.294. The number of nitrogens with zero attached hydrogens (tertiary/aromatic N) is 5. The lowest BCUT2D eigenvalue weighted by atomic mass is 10.2. The van der Waals surface area contributed by atoms with Crippen LogP contribution in [-0.4, -0.2) is 42.4 Å². The number of anilines is 1. The minimum absolute atomic E-state index is 0.0631. The molecule has 156 valence electrons. The Morgan fingerprint density at radius 3 is 2.63 bits per heavy atom. The highest BCUT2D eigenvalue weighted by atomic mass is 16.2. The zero-order valence-corrected chi connectivity index (χ0v) is 17.1. The van der Waals surface area contributed by atoms with Crippen LogP contribution < -0.4 is 10.6 Å². The normalized spacial score (nSPS) is 14.1. The second-order valence-corrected chi connectivity index (χ2v) is 7.67. The summed E-state index contributed by atoms with van der Waals surface area (Å²) in [4.78, 5) is 29.0. The van der Waals surface area contributed by atoms with Gasteiger partial charge in [0, 0.05) is 24.1 Å². The topological polar surface area (TPSA) is 107 Å². The fourth-order valence-corrected chi connectivity index (χ4v) is 3.71. The zero-order valence-electron chi connectivity index (χ0n) is 17.1. The third-order valence-electron chi connectivity index (χ3n) is 5.15. The molecule has 9 nitrogen and oxygen atoms in total. The lowest BCUT2D eigenvalue weighted by molar-refractivity contribution is -0.122. The summed E-state index contributed by atoms with van der Waals surface area (Å²) in [5.41, 5.74) is 2.83. The number of amides is 2. The van der Waals surface area contributed by atoms with E-state index in [1.54, 1.807) is 23.0 Å². The first-order valence-corrected chi connectivity index (χ1v) is 10.1. The second-order valence-electron chi connectivity index (χ2n) is 7.67. The predicted molar refractivity (Wildman–Crippen MR) is 111 cm³/mol. The maximum atomic E-state index is 12.5. The van der Waals surface area contributed by atoms with Crippen LogP contribution in [0.5, 0.6) is 0 Å². The molecule has 4 rings (SSSR count). The van der Waals surface area contributed by atoms with E-state index in [0.717, 1.165) is 24.2 Å². The third-order valence-corrected chi connectivity index (χ3v) is 5.15. The highest BCUT2D eigenvalue weighted by molar-refractivity contribution is 6.03. The van der Waals surface area contributed by atoms with Gasteiger partial charge in [-0.1, -0.05) is 12.8 Å². The summed E-state index contributed by atoms with van der Waals surface area (Å²) in [5, 5.41) is 14.4. The smallest absolute Gasteiger partial charge is 0.257 e. The van der Waals surface area contributed by atoms with Crippen molar-refractivity contribution < 1.29 is 9.59 Å². The fourth-order valence-electron chi connectivity index (χ4n) is 3.71. The van der Waals surface area contributed by atoms with Crippen molar-refractivity contribution in [1.29, 1.82) is 0 Å². The molecule has 0 spiro atoms. The van der Waals surface area contributed by atoms with Crippen molar-refractivity contribution in [2.45, 2.75) is 52.1 Å². The molecule has 0 radical (unpaired) electrons. The van der Waals surface area contributed by atoms with Gasteiger partial charge < -0.3 is 10.6 Å². The van der Waals surface area contributed by atoms with Crippen LogP contribution in [0.1, 0.15) is 47.4 Å². The standard InChI is InChI=1S/C21H25N7O2/c1-14-9-15(2)28(26-14)19-8-7-16(10-22-19)21(30)25-18-11-23-27(12-18)13-20(29)24-17-5-3-4-6-17/h7-12,17H,3-6,13H2,1-2H3,(H,24,29)(H,25,30). The van der Waals surface area contributed by atoms with E-state index >= 15 is 0 Å². The van der Waals surface area contributed by atoms with Crippen LogP contribution in [-0.2, 0) is 11.3 Å². The molecular weight excluding hydrogens is 382 g/mol. The van der Waals surface area contributed by atoms with Gasteiger partial charge in [0.25, 0.3) is 5.91 Å². The predicted octanol–water partition coefficient (Wildman–Crippen LogP) is 2.39. The number of rotatable bonds is 6. The molecule has 3 heterocycles. The summed E-state index contributed by atoms with van der Waals surface area (Å²) >= 11 is 0. The lowest BCUT2D eigenvalue weighted by Gasteiger charge is -2.11. The van der Waals surface area contributed by atoms with E-state index in [4.69, 9.17) is 0 Å². The molecule has 0 aromatic carbocycles. The van der Waals surface area contributed by atoms with Crippen LogP contribution in [0.3, 0.4) is 0 Å². The first kappa shape index (κ1) is 19.8. The zero-order chi connectivity index (χ0) is 21.1. The molecule has 0 atom stereocenters. The Bertz CT molecular complexity index is 1050. The number of aromatic nitrogens is 5. The van der Waals surface area contributed by atoms with Crippen molar-refractivity contribution in [1.82, 2.24) is 29.9 Å². The summed E-state index contributed by atoms with van der Waals surface area (Å²) in [6.45, 7) is 4.00. The number of aryl methyl sites for hydroxylation is 2. The Hall–Kier alpha value is -3.49. The minimum atomic E-state index is -0.294. The Kier molecular flexibility index (Phi) is 5.60. The van der Waals surface area contributed by atoms with Crippen LogP contribution in [0, 0.1) is 13.8 Å². The van der Waals surface area contributed by atoms with Crippen LogP contribution in [0.25, 0.3) is 5.82 Å². The SMILES string of the molecule is Cc1cc(C)n(-c2ccc(C(=O)Nc3cnn(CC(=O)NC4CCCC4)c3)cn2)n1. The molecule has 3 aromatic heterocycles. The summed E-state index contributed by atoms with van der Waals surface area (Å²) in [6, 6.07) is 5.70. The maximum Gasteiger partial charge on any atom is 0.257 e. The molecule has 1 aliphatic carbocycles. The van der Waals surface area contributed by atoms with Crippen molar-refractivity contribution in [3.63, 3.8) is 0 Å². The van der Waals surface area contributed by atoms with Crippen LogP contribution in [0.4, 0.5) is 5.69 Å². The van der Waals surface area contributed by atoms with Gasteiger partial charge in [-0.2, -0.15) is 10.2 Å². The van der Waals surface area contributed by atoms with Crippen molar-refractivity contribution in [3.05, 3.63) is 53.7 Å². The van der Waals surface area contributed by atoms with E-state index < -0.39 is 0 Å². The number of pyridine rings is 1. The number of hydrogen-bond donors (Lipinski definition) is 2. The first-order valence-electron chi connectivity index (χ1n) is 10.1. The summed E-state index contributed by atoms with van der Waals surface area (Å²) in [6.07, 6.45) is 9.10. The van der Waals surface area contributed by atoms with Gasteiger partial charge in [-0.25, -0.2) is 9.67 Å². The molecule has 1 aliphatic rings. The molecule has 2 amide bonds. The van der Waals surface area contributed by atoms with Crippen molar-refractivity contribution in [2.75, 3.05) is 5.32 Å². The first-order chi connectivity index (χ1) is 14.5. The lowest BCUT2D eigenvalue weighted by Crippen LogP contribution is -2.35. The second kappa shape index (κ2) is 8.48. The molecule has 9 heteroatoms. The third kappa shape index (κ3) is 4.56. The van der Waals surface area contributed by atoms with E-state index in [9.17, 15) is 9.59 Å². The van der Waals surface area contributed by atoms with Crippen LogP contribution >= 0.6 is 0 Å². The van der Waals surface area contributed by atoms with Gasteiger partial charge in [0.2, 0.25) is 5.91 Å². The summed E-state index contributed by atoms with van der Waals surface area (Å²) < 4.78 is 3.25. The Morgan fingerprint density at radius 1 is 1.17 bits per heavy atom. The number of carbonyl (C=O) groups is 2. The van der Waals surface area contributed by atoms with E-state index in [-0.39, 0.29) is 24.4 Å². The van der Waals surface area contributed by atoms with Gasteiger partial charge in [0.15, 0.2) is 5.82 Å². The number of hydrogen-bond acceptors (Lipinski definition) is 5. The van der Waals surface area contributed by atoms with Gasteiger partial charge in [-0.3, -0.25) is 14.3 Å². The molecule has 30 heavy (non-hydrogen) atoms. The van der Waals surface area contributed by atoms with Gasteiger partial charge in [0.1, 0.15) is 6.54 Å². The fraction of sp³-hybridized carbons (Fsp3) is 0.381. The minimum Gasteiger partial charge on any atom is -0.352 e. The average Bonchev–Trinajstić information content (AvgIpc) is 3.44. The van der Waals surface area contributed by atoms with E-state index in [0.29, 0.717) is 17.1 Å². The van der Waals surface area contributed by atoms with Crippen LogP contribution in [0.15, 0.2) is 36.8 Å². The molecule has 0 bridgehead atoms. The Balaban J connectivity index is 1.35. The summed E-state index contributed by atoms with van der Waals surface area (Å²) in [7, 11) is 0. The largest absolute Gasteiger partial charge is 0.352 e. The molecule has 1 saturated carbocycles. The molecule has 0 unspecified atom stereocenters. The van der Waals surface area contributed by atoms with Crippen molar-refractivity contribution >= 4 is 17.5 Å². The highest BCUT2D eigenvalue weighted by Crippen LogP contribution is 2.17. The van der Waals surface area contributed by atoms with Gasteiger partial charge in [-0.15, -0.1) is 0 Å².